The molecule has 14 heavy (non-hydrogen) atoms. The monoisotopic (exact) mass is 182 g/mol. The molecular formula is C12H10N2. The molecule has 1 aliphatic rings. The van der Waals surface area contributed by atoms with Gasteiger partial charge in [0.15, 0.2) is 0 Å². The normalized spacial score (nSPS) is 12.6. The molecule has 0 spiro atoms. The average Bonchev–Trinajstić information content (AvgIpc) is 2.26. The van der Waals surface area contributed by atoms with Crippen molar-refractivity contribution in [3.05, 3.63) is 53.9 Å². The van der Waals surface area contributed by atoms with E-state index in [2.05, 4.69) is 34.6 Å². The minimum absolute atomic E-state index is 0.979. The van der Waals surface area contributed by atoms with E-state index in [0.29, 0.717) is 0 Å². The molecule has 0 aliphatic carbocycles. The van der Waals surface area contributed by atoms with Crippen LogP contribution in [0, 0.1) is 0 Å². The molecule has 2 nitrogen and oxygen atoms in total. The summed E-state index contributed by atoms with van der Waals surface area (Å²) in [7, 11) is 0. The van der Waals surface area contributed by atoms with Crippen molar-refractivity contribution < 1.29 is 0 Å². The van der Waals surface area contributed by atoms with Gasteiger partial charge in [-0.3, -0.25) is 4.98 Å². The van der Waals surface area contributed by atoms with E-state index in [0.717, 1.165) is 6.42 Å². The van der Waals surface area contributed by atoms with Crippen LogP contribution in [0.5, 0.6) is 0 Å². The Hall–Kier alpha value is -1.83. The molecule has 0 unspecified atom stereocenters. The molecule has 1 N–H and O–H groups in total. The molecule has 1 aliphatic heterocycles. The molecule has 1 aromatic heterocycles. The first-order chi connectivity index (χ1) is 6.93. The quantitative estimate of drug-likeness (QED) is 0.578. The number of fused-ring (bicyclic) bond motifs is 2. The topological polar surface area (TPSA) is 24.9 Å². The lowest BCUT2D eigenvalue weighted by molar-refractivity contribution is 1.12. The Labute approximate surface area is 82.6 Å². The van der Waals surface area contributed by atoms with Crippen molar-refractivity contribution in [2.75, 3.05) is 5.32 Å². The molecular weight excluding hydrogens is 172 g/mol. The maximum atomic E-state index is 4.13. The van der Waals surface area contributed by atoms with E-state index in [9.17, 15) is 0 Å². The summed E-state index contributed by atoms with van der Waals surface area (Å²) in [4.78, 5) is 4.13. The number of hydrogen-bond donors (Lipinski definition) is 1. The number of nitrogens with zero attached hydrogens (tertiary/aromatic N) is 1. The highest BCUT2D eigenvalue weighted by atomic mass is 14.9. The third kappa shape index (κ3) is 1.08. The van der Waals surface area contributed by atoms with E-state index in [1.807, 2.05) is 18.5 Å². The number of benzene rings is 1. The third-order valence-corrected chi connectivity index (χ3v) is 2.57. The molecule has 3 rings (SSSR count). The smallest absolute Gasteiger partial charge is 0.0451 e. The molecule has 0 saturated heterocycles. The maximum Gasteiger partial charge on any atom is 0.0451 e. The number of hydrogen-bond acceptors (Lipinski definition) is 2. The van der Waals surface area contributed by atoms with E-state index in [1.54, 1.807) is 0 Å². The lowest BCUT2D eigenvalue weighted by atomic mass is 9.99. The summed E-state index contributed by atoms with van der Waals surface area (Å²) in [5.41, 5.74) is 5.00. The first-order valence-corrected chi connectivity index (χ1v) is 4.71. The number of rotatable bonds is 0. The molecule has 2 aromatic rings. The summed E-state index contributed by atoms with van der Waals surface area (Å²) in [6.07, 6.45) is 4.73. The molecule has 0 amide bonds. The Morgan fingerprint density at radius 3 is 2.86 bits per heavy atom. The second-order valence-electron chi connectivity index (χ2n) is 3.49. The van der Waals surface area contributed by atoms with Gasteiger partial charge in [0.05, 0.1) is 0 Å². The molecule has 0 saturated carbocycles. The van der Waals surface area contributed by atoms with E-state index < -0.39 is 0 Å². The number of nitrogens with one attached hydrogen (secondary N) is 1. The van der Waals surface area contributed by atoms with Crippen LogP contribution in [0.2, 0.25) is 0 Å². The van der Waals surface area contributed by atoms with E-state index in [-0.39, 0.29) is 0 Å². The Morgan fingerprint density at radius 1 is 1.00 bits per heavy atom. The minimum atomic E-state index is 0.979. The van der Waals surface area contributed by atoms with Crippen LogP contribution in [0.3, 0.4) is 0 Å². The Balaban J connectivity index is 2.12. The second-order valence-corrected chi connectivity index (χ2v) is 3.49. The number of aromatic nitrogens is 1. The Kier molecular flexibility index (Phi) is 1.53. The number of pyridine rings is 1. The molecule has 0 fully saturated rings. The predicted octanol–water partition coefficient (Wildman–Crippen LogP) is 2.73. The summed E-state index contributed by atoms with van der Waals surface area (Å²) >= 11 is 0. The van der Waals surface area contributed by atoms with Gasteiger partial charge in [-0.15, -0.1) is 0 Å². The molecule has 0 atom stereocenters. The Morgan fingerprint density at radius 2 is 1.86 bits per heavy atom. The van der Waals surface area contributed by atoms with Crippen LogP contribution < -0.4 is 5.32 Å². The maximum absolute atomic E-state index is 4.13. The third-order valence-electron chi connectivity index (χ3n) is 2.57. The fraction of sp³-hybridized carbons (Fsp3) is 0.0833. The van der Waals surface area contributed by atoms with Gasteiger partial charge in [-0.2, -0.15) is 0 Å². The van der Waals surface area contributed by atoms with Crippen LogP contribution in [0.15, 0.2) is 42.7 Å². The second kappa shape index (κ2) is 2.84. The van der Waals surface area contributed by atoms with Gasteiger partial charge in [0.2, 0.25) is 0 Å². The van der Waals surface area contributed by atoms with Gasteiger partial charge in [-0.1, -0.05) is 18.2 Å². The minimum Gasteiger partial charge on any atom is -0.355 e. The van der Waals surface area contributed by atoms with Gasteiger partial charge in [0.1, 0.15) is 0 Å². The van der Waals surface area contributed by atoms with E-state index >= 15 is 0 Å². The standard InChI is InChI=1S/C12H10N2/c1-2-4-11-9(3-1)7-10-8-13-6-5-12(10)14-11/h1-6,8,14H,7H2. The SMILES string of the molecule is c1ccc2c(c1)Cc1cnccc1N2. The van der Waals surface area contributed by atoms with Crippen LogP contribution in [0.4, 0.5) is 11.4 Å². The molecule has 68 valence electrons. The van der Waals surface area contributed by atoms with Crippen LogP contribution in [0.1, 0.15) is 11.1 Å². The van der Waals surface area contributed by atoms with Crippen molar-refractivity contribution in [1.29, 1.82) is 0 Å². The van der Waals surface area contributed by atoms with Crippen molar-refractivity contribution in [3.8, 4) is 0 Å². The van der Waals surface area contributed by atoms with Gasteiger partial charge in [0, 0.05) is 30.2 Å². The number of anilines is 2. The van der Waals surface area contributed by atoms with Crippen LogP contribution in [-0.4, -0.2) is 4.98 Å². The number of para-hydroxylation sites is 1. The summed E-state index contributed by atoms with van der Waals surface area (Å²) in [6.45, 7) is 0. The van der Waals surface area contributed by atoms with Crippen molar-refractivity contribution in [2.24, 2.45) is 0 Å². The average molecular weight is 182 g/mol. The zero-order valence-corrected chi connectivity index (χ0v) is 7.70. The lowest BCUT2D eigenvalue weighted by Crippen LogP contribution is -2.06. The molecule has 2 heteroatoms. The highest BCUT2D eigenvalue weighted by Crippen LogP contribution is 2.31. The molecule has 2 heterocycles. The van der Waals surface area contributed by atoms with Gasteiger partial charge < -0.3 is 5.32 Å². The predicted molar refractivity (Wildman–Crippen MR) is 56.8 cm³/mol. The first-order valence-electron chi connectivity index (χ1n) is 4.71. The van der Waals surface area contributed by atoms with Crippen molar-refractivity contribution in [3.63, 3.8) is 0 Å². The van der Waals surface area contributed by atoms with Crippen molar-refractivity contribution >= 4 is 11.4 Å². The molecule has 0 radical (unpaired) electrons. The zero-order chi connectivity index (χ0) is 9.38. The van der Waals surface area contributed by atoms with Crippen LogP contribution in [-0.2, 0) is 6.42 Å². The zero-order valence-electron chi connectivity index (χ0n) is 7.70. The van der Waals surface area contributed by atoms with Crippen molar-refractivity contribution in [1.82, 2.24) is 4.98 Å². The summed E-state index contributed by atoms with van der Waals surface area (Å²) in [6, 6.07) is 10.4. The van der Waals surface area contributed by atoms with Crippen molar-refractivity contribution in [2.45, 2.75) is 6.42 Å². The largest absolute Gasteiger partial charge is 0.355 e. The highest BCUT2D eigenvalue weighted by molar-refractivity contribution is 5.70. The van der Waals surface area contributed by atoms with Gasteiger partial charge in [-0.05, 0) is 23.3 Å². The Bertz CT molecular complexity index is 390. The highest BCUT2D eigenvalue weighted by Gasteiger charge is 2.12. The van der Waals surface area contributed by atoms with Gasteiger partial charge in [-0.25, -0.2) is 0 Å². The fourth-order valence-corrected chi connectivity index (χ4v) is 1.84. The summed E-state index contributed by atoms with van der Waals surface area (Å²) in [5, 5.41) is 3.40. The fourth-order valence-electron chi connectivity index (χ4n) is 1.84. The first kappa shape index (κ1) is 7.56. The van der Waals surface area contributed by atoms with Gasteiger partial charge in [0.25, 0.3) is 0 Å². The summed E-state index contributed by atoms with van der Waals surface area (Å²) in [5.74, 6) is 0. The lowest BCUT2D eigenvalue weighted by Gasteiger charge is -2.20. The molecule has 1 aromatic carbocycles. The summed E-state index contributed by atoms with van der Waals surface area (Å²) < 4.78 is 0. The van der Waals surface area contributed by atoms with E-state index in [1.165, 1.54) is 22.5 Å². The van der Waals surface area contributed by atoms with E-state index in [4.69, 9.17) is 0 Å². The van der Waals surface area contributed by atoms with Crippen LogP contribution >= 0.6 is 0 Å². The van der Waals surface area contributed by atoms with Gasteiger partial charge >= 0.3 is 0 Å². The molecule has 0 bridgehead atoms. The van der Waals surface area contributed by atoms with Crippen LogP contribution in [0.25, 0.3) is 0 Å².